The number of aromatic nitrogens is 2. The van der Waals surface area contributed by atoms with Crippen molar-refractivity contribution in [3.63, 3.8) is 0 Å². The number of hydrogen-bond donors (Lipinski definition) is 1. The molecule has 1 amide bonds. The molecule has 1 saturated carbocycles. The second-order valence-electron chi connectivity index (χ2n) is 7.43. The van der Waals surface area contributed by atoms with Gasteiger partial charge < -0.3 is 15.0 Å². The summed E-state index contributed by atoms with van der Waals surface area (Å²) in [6.07, 6.45) is 5.41. The summed E-state index contributed by atoms with van der Waals surface area (Å²) in [4.78, 5) is 24.5. The van der Waals surface area contributed by atoms with E-state index < -0.39 is 5.92 Å². The zero-order chi connectivity index (χ0) is 19.3. The van der Waals surface area contributed by atoms with Crippen LogP contribution in [0.4, 0.5) is 5.82 Å². The van der Waals surface area contributed by atoms with E-state index in [2.05, 4.69) is 16.3 Å². The number of amides is 1. The molecule has 146 valence electrons. The number of hydrogen-bond acceptors (Lipinski definition) is 6. The lowest BCUT2D eigenvalue weighted by Crippen LogP contribution is -2.41. The van der Waals surface area contributed by atoms with Crippen molar-refractivity contribution in [1.29, 1.82) is 5.26 Å². The van der Waals surface area contributed by atoms with Crippen molar-refractivity contribution in [2.24, 2.45) is 0 Å². The molecule has 0 unspecified atom stereocenters. The summed E-state index contributed by atoms with van der Waals surface area (Å²) in [6.45, 7) is 2.53. The van der Waals surface area contributed by atoms with E-state index in [1.807, 2.05) is 24.3 Å². The number of nitrogens with one attached hydrogen (secondary N) is 1. The van der Waals surface area contributed by atoms with Gasteiger partial charge in [0.1, 0.15) is 5.69 Å². The molecule has 0 radical (unpaired) electrons. The monoisotopic (exact) mass is 379 g/mol. The number of nitriles is 1. The maximum atomic E-state index is 13.0. The molecule has 7 heteroatoms. The van der Waals surface area contributed by atoms with Crippen LogP contribution < -0.4 is 10.2 Å². The first-order chi connectivity index (χ1) is 13.8. The van der Waals surface area contributed by atoms with Crippen LogP contribution in [0.15, 0.2) is 24.3 Å². The first-order valence-corrected chi connectivity index (χ1v) is 10.1. The first-order valence-electron chi connectivity index (χ1n) is 10.1. The second-order valence-corrected chi connectivity index (χ2v) is 7.43. The molecule has 1 aromatic heterocycles. The van der Waals surface area contributed by atoms with Crippen LogP contribution in [-0.4, -0.2) is 48.2 Å². The Morgan fingerprint density at radius 1 is 1.14 bits per heavy atom. The lowest BCUT2D eigenvalue weighted by Gasteiger charge is -2.30. The van der Waals surface area contributed by atoms with Crippen LogP contribution in [-0.2, 0) is 9.53 Å². The molecule has 4 rings (SSSR count). The van der Waals surface area contributed by atoms with Crippen LogP contribution in [0, 0.1) is 11.3 Å². The van der Waals surface area contributed by atoms with Crippen LogP contribution in [0.2, 0.25) is 0 Å². The number of fused-ring (bicyclic) bond motifs is 1. The third-order valence-electron chi connectivity index (χ3n) is 5.50. The third kappa shape index (κ3) is 3.92. The molecular formula is C21H25N5O2. The molecule has 1 atom stereocenters. The number of ether oxygens (including phenoxy) is 1. The van der Waals surface area contributed by atoms with Gasteiger partial charge in [-0.15, -0.1) is 0 Å². The lowest BCUT2D eigenvalue weighted by atomic mass is 9.94. The van der Waals surface area contributed by atoms with E-state index in [4.69, 9.17) is 14.7 Å². The van der Waals surface area contributed by atoms with Crippen LogP contribution in [0.25, 0.3) is 11.0 Å². The molecule has 2 aliphatic rings. The Labute approximate surface area is 164 Å². The van der Waals surface area contributed by atoms with E-state index >= 15 is 0 Å². The number of benzene rings is 1. The van der Waals surface area contributed by atoms with Gasteiger partial charge in [0.05, 0.1) is 30.3 Å². The Hall–Kier alpha value is -2.72. The van der Waals surface area contributed by atoms with Gasteiger partial charge in [0.2, 0.25) is 5.91 Å². The quantitative estimate of drug-likeness (QED) is 0.878. The molecule has 2 aromatic rings. The zero-order valence-corrected chi connectivity index (χ0v) is 15.9. The molecule has 1 N–H and O–H groups in total. The largest absolute Gasteiger partial charge is 0.378 e. The van der Waals surface area contributed by atoms with Crippen LogP contribution in [0.1, 0.15) is 43.7 Å². The summed E-state index contributed by atoms with van der Waals surface area (Å²) in [5.74, 6) is -0.627. The number of nitrogens with zero attached hydrogens (tertiary/aromatic N) is 4. The summed E-state index contributed by atoms with van der Waals surface area (Å²) in [5.41, 5.74) is 1.90. The van der Waals surface area contributed by atoms with Gasteiger partial charge in [-0.05, 0) is 25.0 Å². The number of rotatable bonds is 4. The molecule has 1 aliphatic carbocycles. The highest BCUT2D eigenvalue weighted by Crippen LogP contribution is 2.28. The predicted octanol–water partition coefficient (Wildman–Crippen LogP) is 2.52. The first kappa shape index (κ1) is 18.6. The van der Waals surface area contributed by atoms with Crippen molar-refractivity contribution in [1.82, 2.24) is 15.3 Å². The molecule has 0 spiro atoms. The summed E-state index contributed by atoms with van der Waals surface area (Å²) < 4.78 is 5.45. The predicted molar refractivity (Wildman–Crippen MR) is 106 cm³/mol. The topological polar surface area (TPSA) is 91.1 Å². The summed E-state index contributed by atoms with van der Waals surface area (Å²) >= 11 is 0. The molecule has 0 bridgehead atoms. The van der Waals surface area contributed by atoms with Gasteiger partial charge in [0.15, 0.2) is 11.7 Å². The molecule has 2 heterocycles. The fourth-order valence-corrected chi connectivity index (χ4v) is 3.98. The Morgan fingerprint density at radius 3 is 2.50 bits per heavy atom. The molecule has 28 heavy (non-hydrogen) atoms. The van der Waals surface area contributed by atoms with E-state index in [9.17, 15) is 10.1 Å². The highest BCUT2D eigenvalue weighted by Gasteiger charge is 2.30. The highest BCUT2D eigenvalue weighted by molar-refractivity contribution is 5.89. The smallest absolute Gasteiger partial charge is 0.243 e. The Balaban J connectivity index is 1.69. The molecule has 1 aliphatic heterocycles. The minimum atomic E-state index is -0.975. The van der Waals surface area contributed by atoms with Crippen molar-refractivity contribution in [3.8, 4) is 6.07 Å². The fourth-order valence-electron chi connectivity index (χ4n) is 3.98. The van der Waals surface area contributed by atoms with Gasteiger partial charge in [-0.2, -0.15) is 5.26 Å². The van der Waals surface area contributed by atoms with E-state index in [1.165, 1.54) is 6.42 Å². The normalized spacial score (nSPS) is 19.2. The van der Waals surface area contributed by atoms with Crippen molar-refractivity contribution in [2.45, 2.75) is 44.1 Å². The SMILES string of the molecule is N#C[C@H](C(=O)NC1CCCCC1)c1nc2ccccc2nc1N1CCOCC1. The minimum Gasteiger partial charge on any atom is -0.378 e. The zero-order valence-electron chi connectivity index (χ0n) is 15.9. The Bertz CT molecular complexity index is 882. The number of anilines is 1. The van der Waals surface area contributed by atoms with Gasteiger partial charge in [-0.3, -0.25) is 4.79 Å². The van der Waals surface area contributed by atoms with Gasteiger partial charge in [0.25, 0.3) is 0 Å². The molecule has 7 nitrogen and oxygen atoms in total. The van der Waals surface area contributed by atoms with Crippen molar-refractivity contribution in [3.05, 3.63) is 30.0 Å². The molecular weight excluding hydrogens is 354 g/mol. The Kier molecular flexibility index (Phi) is 5.68. The number of morpholine rings is 1. The fraction of sp³-hybridized carbons (Fsp3) is 0.524. The van der Waals surface area contributed by atoms with Crippen molar-refractivity contribution in [2.75, 3.05) is 31.2 Å². The number of para-hydroxylation sites is 2. The van der Waals surface area contributed by atoms with E-state index in [0.29, 0.717) is 43.3 Å². The Morgan fingerprint density at radius 2 is 1.82 bits per heavy atom. The maximum Gasteiger partial charge on any atom is 0.243 e. The average molecular weight is 379 g/mol. The van der Waals surface area contributed by atoms with Crippen LogP contribution >= 0.6 is 0 Å². The van der Waals surface area contributed by atoms with Crippen molar-refractivity contribution >= 4 is 22.8 Å². The summed E-state index contributed by atoms with van der Waals surface area (Å²) in [6, 6.07) is 9.90. The van der Waals surface area contributed by atoms with E-state index in [0.717, 1.165) is 31.2 Å². The van der Waals surface area contributed by atoms with Crippen LogP contribution in [0.5, 0.6) is 0 Å². The van der Waals surface area contributed by atoms with Gasteiger partial charge in [0, 0.05) is 19.1 Å². The van der Waals surface area contributed by atoms with Gasteiger partial charge >= 0.3 is 0 Å². The summed E-state index contributed by atoms with van der Waals surface area (Å²) in [7, 11) is 0. The number of carbonyl (C=O) groups is 1. The van der Waals surface area contributed by atoms with Gasteiger partial charge in [-0.1, -0.05) is 31.4 Å². The van der Waals surface area contributed by atoms with Crippen molar-refractivity contribution < 1.29 is 9.53 Å². The molecule has 1 saturated heterocycles. The maximum absolute atomic E-state index is 13.0. The number of carbonyl (C=O) groups excluding carboxylic acids is 1. The average Bonchev–Trinajstić information content (AvgIpc) is 2.75. The van der Waals surface area contributed by atoms with E-state index in [1.54, 1.807) is 0 Å². The standard InChI is InChI=1S/C21H25N5O2/c22-14-16(21(27)23-15-6-2-1-3-7-15)19-20(26-10-12-28-13-11-26)25-18-9-5-4-8-17(18)24-19/h4-5,8-9,15-16H,1-3,6-7,10-13H2,(H,23,27)/t16-/m0/s1. The third-order valence-corrected chi connectivity index (χ3v) is 5.50. The minimum absolute atomic E-state index is 0.150. The second kappa shape index (κ2) is 8.53. The molecule has 1 aromatic carbocycles. The summed E-state index contributed by atoms with van der Waals surface area (Å²) in [5, 5.41) is 12.9. The van der Waals surface area contributed by atoms with Gasteiger partial charge in [-0.25, -0.2) is 9.97 Å². The van der Waals surface area contributed by atoms with Crippen LogP contribution in [0.3, 0.4) is 0 Å². The highest BCUT2D eigenvalue weighted by atomic mass is 16.5. The van der Waals surface area contributed by atoms with E-state index in [-0.39, 0.29) is 11.9 Å². The lowest BCUT2D eigenvalue weighted by molar-refractivity contribution is -0.122. The molecule has 2 fully saturated rings.